The molecule has 0 amide bonds. The van der Waals surface area contributed by atoms with Gasteiger partial charge in [-0.2, -0.15) is 5.26 Å². The molecule has 92 valence electrons. The summed E-state index contributed by atoms with van der Waals surface area (Å²) in [5.41, 5.74) is 4.81. The van der Waals surface area contributed by atoms with Crippen molar-refractivity contribution in [3.8, 4) is 6.07 Å². The number of nitrogens with zero attached hydrogens (tertiary/aromatic N) is 1. The minimum atomic E-state index is -0.102. The predicted molar refractivity (Wildman–Crippen MR) is 73.1 cm³/mol. The van der Waals surface area contributed by atoms with Gasteiger partial charge in [-0.05, 0) is 44.2 Å². The van der Waals surface area contributed by atoms with Gasteiger partial charge in [-0.1, -0.05) is 31.5 Å². The topological polar surface area (TPSA) is 35.8 Å². The van der Waals surface area contributed by atoms with E-state index in [9.17, 15) is 0 Å². The monoisotopic (exact) mass is 230 g/mol. The van der Waals surface area contributed by atoms with Crippen LogP contribution in [0.4, 0.5) is 5.69 Å². The van der Waals surface area contributed by atoms with Crippen LogP contribution in [0.25, 0.3) is 0 Å². The van der Waals surface area contributed by atoms with Gasteiger partial charge in [-0.15, -0.1) is 0 Å². The SMILES string of the molecule is Cc1cc(C)c(NC(C#N)CC(C)C)c(C)c1. The van der Waals surface area contributed by atoms with Crippen molar-refractivity contribution in [2.24, 2.45) is 5.92 Å². The Morgan fingerprint density at radius 2 is 1.71 bits per heavy atom. The summed E-state index contributed by atoms with van der Waals surface area (Å²) in [6, 6.07) is 6.54. The van der Waals surface area contributed by atoms with Crippen molar-refractivity contribution in [2.75, 3.05) is 5.32 Å². The molecule has 0 spiro atoms. The van der Waals surface area contributed by atoms with Gasteiger partial charge >= 0.3 is 0 Å². The van der Waals surface area contributed by atoms with Crippen LogP contribution < -0.4 is 5.32 Å². The molecule has 0 fully saturated rings. The summed E-state index contributed by atoms with van der Waals surface area (Å²) < 4.78 is 0. The maximum absolute atomic E-state index is 9.16. The molecule has 1 atom stereocenters. The average Bonchev–Trinajstić information content (AvgIpc) is 2.20. The highest BCUT2D eigenvalue weighted by molar-refractivity contribution is 5.59. The van der Waals surface area contributed by atoms with Gasteiger partial charge in [0.2, 0.25) is 0 Å². The number of rotatable bonds is 4. The summed E-state index contributed by atoms with van der Waals surface area (Å²) >= 11 is 0. The normalized spacial score (nSPS) is 12.3. The third-order valence-corrected chi connectivity index (χ3v) is 2.86. The van der Waals surface area contributed by atoms with E-state index in [0.717, 1.165) is 12.1 Å². The van der Waals surface area contributed by atoms with E-state index in [1.54, 1.807) is 0 Å². The lowest BCUT2D eigenvalue weighted by molar-refractivity contribution is 0.567. The van der Waals surface area contributed by atoms with Crippen molar-refractivity contribution in [1.82, 2.24) is 0 Å². The van der Waals surface area contributed by atoms with Crippen LogP contribution in [-0.4, -0.2) is 6.04 Å². The van der Waals surface area contributed by atoms with E-state index in [4.69, 9.17) is 5.26 Å². The Labute approximate surface area is 105 Å². The first kappa shape index (κ1) is 13.6. The molecule has 0 aliphatic carbocycles. The molecular formula is C15H22N2. The van der Waals surface area contributed by atoms with Crippen LogP contribution in [0.3, 0.4) is 0 Å². The van der Waals surface area contributed by atoms with Crippen molar-refractivity contribution >= 4 is 5.69 Å². The summed E-state index contributed by atoms with van der Waals surface area (Å²) in [5, 5.41) is 12.5. The zero-order valence-corrected chi connectivity index (χ0v) is 11.5. The molecule has 2 heteroatoms. The Bertz CT molecular complexity index is 404. The number of nitriles is 1. The second-order valence-electron chi connectivity index (χ2n) is 5.23. The van der Waals surface area contributed by atoms with Gasteiger partial charge in [0.05, 0.1) is 6.07 Å². The highest BCUT2D eigenvalue weighted by Gasteiger charge is 2.12. The van der Waals surface area contributed by atoms with Crippen LogP contribution >= 0.6 is 0 Å². The Balaban J connectivity index is 2.91. The summed E-state index contributed by atoms with van der Waals surface area (Å²) in [5.74, 6) is 0.526. The van der Waals surface area contributed by atoms with E-state index in [2.05, 4.69) is 58.1 Å². The third kappa shape index (κ3) is 3.78. The minimum Gasteiger partial charge on any atom is -0.369 e. The van der Waals surface area contributed by atoms with Crippen molar-refractivity contribution < 1.29 is 0 Å². The lowest BCUT2D eigenvalue weighted by Gasteiger charge is -2.19. The minimum absolute atomic E-state index is 0.102. The predicted octanol–water partition coefficient (Wildman–Crippen LogP) is 3.96. The van der Waals surface area contributed by atoms with Gasteiger partial charge in [-0.25, -0.2) is 0 Å². The number of hydrogen-bond donors (Lipinski definition) is 1. The van der Waals surface area contributed by atoms with E-state index >= 15 is 0 Å². The molecular weight excluding hydrogens is 208 g/mol. The maximum Gasteiger partial charge on any atom is 0.114 e. The molecule has 1 aromatic rings. The Kier molecular flexibility index (Phi) is 4.57. The van der Waals surface area contributed by atoms with E-state index in [1.165, 1.54) is 16.7 Å². The third-order valence-electron chi connectivity index (χ3n) is 2.86. The molecule has 0 aliphatic heterocycles. The lowest BCUT2D eigenvalue weighted by Crippen LogP contribution is -2.20. The van der Waals surface area contributed by atoms with Gasteiger partial charge in [0.25, 0.3) is 0 Å². The highest BCUT2D eigenvalue weighted by atomic mass is 14.9. The molecule has 1 rings (SSSR count). The Morgan fingerprint density at radius 1 is 1.18 bits per heavy atom. The van der Waals surface area contributed by atoms with Gasteiger partial charge in [0.1, 0.15) is 6.04 Å². The first-order valence-electron chi connectivity index (χ1n) is 6.18. The molecule has 0 saturated heterocycles. The van der Waals surface area contributed by atoms with Crippen LogP contribution in [0.1, 0.15) is 37.0 Å². The molecule has 0 saturated carbocycles. The first-order valence-corrected chi connectivity index (χ1v) is 6.18. The summed E-state index contributed by atoms with van der Waals surface area (Å²) in [6.07, 6.45) is 0.878. The van der Waals surface area contributed by atoms with E-state index in [-0.39, 0.29) is 6.04 Å². The van der Waals surface area contributed by atoms with Crippen LogP contribution in [0.2, 0.25) is 0 Å². The summed E-state index contributed by atoms with van der Waals surface area (Å²) in [4.78, 5) is 0. The number of benzene rings is 1. The molecule has 0 aromatic heterocycles. The fraction of sp³-hybridized carbons (Fsp3) is 0.533. The van der Waals surface area contributed by atoms with Crippen LogP contribution in [0.15, 0.2) is 12.1 Å². The van der Waals surface area contributed by atoms with Crippen molar-refractivity contribution in [1.29, 1.82) is 5.26 Å². The van der Waals surface area contributed by atoms with Crippen LogP contribution in [-0.2, 0) is 0 Å². The van der Waals surface area contributed by atoms with Gasteiger partial charge in [0, 0.05) is 5.69 Å². The molecule has 17 heavy (non-hydrogen) atoms. The number of anilines is 1. The Hall–Kier alpha value is -1.49. The maximum atomic E-state index is 9.16. The van der Waals surface area contributed by atoms with E-state index in [1.807, 2.05) is 0 Å². The summed E-state index contributed by atoms with van der Waals surface area (Å²) in [6.45, 7) is 10.6. The number of hydrogen-bond acceptors (Lipinski definition) is 2. The largest absolute Gasteiger partial charge is 0.369 e. The Morgan fingerprint density at radius 3 is 2.12 bits per heavy atom. The quantitative estimate of drug-likeness (QED) is 0.849. The molecule has 2 nitrogen and oxygen atoms in total. The smallest absolute Gasteiger partial charge is 0.114 e. The molecule has 1 aromatic carbocycles. The highest BCUT2D eigenvalue weighted by Crippen LogP contribution is 2.23. The van der Waals surface area contributed by atoms with Crippen molar-refractivity contribution in [2.45, 2.75) is 47.1 Å². The zero-order valence-electron chi connectivity index (χ0n) is 11.5. The van der Waals surface area contributed by atoms with Crippen molar-refractivity contribution in [3.05, 3.63) is 28.8 Å². The second kappa shape index (κ2) is 5.72. The number of aryl methyl sites for hydroxylation is 3. The van der Waals surface area contributed by atoms with Crippen LogP contribution in [0.5, 0.6) is 0 Å². The molecule has 0 bridgehead atoms. The lowest BCUT2D eigenvalue weighted by atomic mass is 10.0. The standard InChI is InChI=1S/C15H22N2/c1-10(2)6-14(9-16)17-15-12(4)7-11(3)8-13(15)5/h7-8,10,14,17H,6H2,1-5H3. The fourth-order valence-electron chi connectivity index (χ4n) is 2.20. The average molecular weight is 230 g/mol. The molecule has 0 aliphatic rings. The number of nitrogens with one attached hydrogen (secondary N) is 1. The molecule has 0 heterocycles. The summed E-state index contributed by atoms with van der Waals surface area (Å²) in [7, 11) is 0. The van der Waals surface area contributed by atoms with Gasteiger partial charge in [-0.3, -0.25) is 0 Å². The van der Waals surface area contributed by atoms with E-state index in [0.29, 0.717) is 5.92 Å². The van der Waals surface area contributed by atoms with Crippen molar-refractivity contribution in [3.63, 3.8) is 0 Å². The molecule has 1 N–H and O–H groups in total. The zero-order chi connectivity index (χ0) is 13.0. The van der Waals surface area contributed by atoms with E-state index < -0.39 is 0 Å². The molecule has 1 unspecified atom stereocenters. The second-order valence-corrected chi connectivity index (χ2v) is 5.23. The van der Waals surface area contributed by atoms with Crippen LogP contribution in [0, 0.1) is 38.0 Å². The van der Waals surface area contributed by atoms with Gasteiger partial charge in [0.15, 0.2) is 0 Å². The fourth-order valence-corrected chi connectivity index (χ4v) is 2.20. The van der Waals surface area contributed by atoms with Gasteiger partial charge < -0.3 is 5.32 Å². The molecule has 0 radical (unpaired) electrons. The first-order chi connectivity index (χ1) is 7.93.